The van der Waals surface area contributed by atoms with Crippen LogP contribution in [0.5, 0.6) is 0 Å². The van der Waals surface area contributed by atoms with Crippen molar-refractivity contribution in [3.63, 3.8) is 0 Å². The van der Waals surface area contributed by atoms with Crippen LogP contribution in [-0.2, 0) is 9.59 Å². The van der Waals surface area contributed by atoms with E-state index in [2.05, 4.69) is 22.5 Å². The van der Waals surface area contributed by atoms with E-state index in [1.54, 1.807) is 0 Å². The molecule has 2 N–H and O–H groups in total. The summed E-state index contributed by atoms with van der Waals surface area (Å²) in [5, 5.41) is 4.79. The van der Waals surface area contributed by atoms with Gasteiger partial charge < -0.3 is 0 Å². The lowest BCUT2D eigenvalue weighted by Crippen LogP contribution is -2.26. The Balaban J connectivity index is 1.89. The summed E-state index contributed by atoms with van der Waals surface area (Å²) in [5.74, 6) is 0.361. The third-order valence-electron chi connectivity index (χ3n) is 3.19. The van der Waals surface area contributed by atoms with Gasteiger partial charge in [0.05, 0.1) is 0 Å². The molecule has 1 saturated heterocycles. The van der Waals surface area contributed by atoms with Crippen LogP contribution in [0.3, 0.4) is 0 Å². The fourth-order valence-electron chi connectivity index (χ4n) is 2.14. The van der Waals surface area contributed by atoms with Crippen LogP contribution in [0.2, 0.25) is 0 Å². The molecule has 5 nitrogen and oxygen atoms in total. The Morgan fingerprint density at radius 3 is 2.47 bits per heavy atom. The molecule has 1 saturated carbocycles. The number of aliphatic imine (C=N–C) groups is 1. The van der Waals surface area contributed by atoms with E-state index in [0.29, 0.717) is 24.3 Å². The van der Waals surface area contributed by atoms with Gasteiger partial charge in [0, 0.05) is 6.54 Å². The SMILES string of the molecule is CC1CCCC1CN=C1NC(=O)C(=O)N1. The normalized spacial score (nSPS) is 30.3. The molecule has 1 heterocycles. The number of carbonyl (C=O) groups is 2. The van der Waals surface area contributed by atoms with Crippen molar-refractivity contribution >= 4 is 17.8 Å². The molecule has 2 aliphatic rings. The van der Waals surface area contributed by atoms with Gasteiger partial charge in [-0.1, -0.05) is 19.8 Å². The molecular weight excluding hydrogens is 194 g/mol. The van der Waals surface area contributed by atoms with Crippen molar-refractivity contribution < 1.29 is 9.59 Å². The maximum absolute atomic E-state index is 10.8. The molecule has 0 aromatic carbocycles. The Morgan fingerprint density at radius 2 is 1.93 bits per heavy atom. The second-order valence-electron chi connectivity index (χ2n) is 4.27. The summed E-state index contributed by atoms with van der Waals surface area (Å²) in [7, 11) is 0. The lowest BCUT2D eigenvalue weighted by atomic mass is 9.99. The largest absolute Gasteiger partial charge is 0.316 e. The summed E-state index contributed by atoms with van der Waals surface area (Å²) < 4.78 is 0. The predicted molar refractivity (Wildman–Crippen MR) is 55.1 cm³/mol. The number of nitrogens with one attached hydrogen (secondary N) is 2. The Kier molecular flexibility index (Phi) is 2.70. The first kappa shape index (κ1) is 10.1. The number of rotatable bonds is 2. The molecule has 1 aliphatic carbocycles. The van der Waals surface area contributed by atoms with E-state index in [4.69, 9.17) is 0 Å². The third-order valence-corrected chi connectivity index (χ3v) is 3.19. The van der Waals surface area contributed by atoms with Gasteiger partial charge in [-0.3, -0.25) is 25.2 Å². The van der Waals surface area contributed by atoms with Crippen LogP contribution in [0.15, 0.2) is 4.99 Å². The van der Waals surface area contributed by atoms with Gasteiger partial charge >= 0.3 is 11.8 Å². The molecule has 0 aromatic heterocycles. The van der Waals surface area contributed by atoms with Crippen molar-refractivity contribution in [1.29, 1.82) is 0 Å². The quantitative estimate of drug-likeness (QED) is 0.630. The molecular formula is C10H15N3O2. The maximum Gasteiger partial charge on any atom is 0.316 e. The molecule has 15 heavy (non-hydrogen) atoms. The van der Waals surface area contributed by atoms with Crippen LogP contribution in [0.4, 0.5) is 0 Å². The first-order valence-electron chi connectivity index (χ1n) is 5.33. The predicted octanol–water partition coefficient (Wildman–Crippen LogP) is 0.0246. The summed E-state index contributed by atoms with van der Waals surface area (Å²) >= 11 is 0. The standard InChI is InChI=1S/C10H15N3O2/c1-6-3-2-4-7(6)5-11-10-12-8(14)9(15)13-10/h6-7H,2-5H2,1H3,(H2,11,12,13,14,15). The van der Waals surface area contributed by atoms with Crippen LogP contribution in [0.25, 0.3) is 0 Å². The summed E-state index contributed by atoms with van der Waals surface area (Å²) in [6, 6.07) is 0. The number of nitrogens with zero attached hydrogens (tertiary/aromatic N) is 1. The summed E-state index contributed by atoms with van der Waals surface area (Å²) in [6.45, 7) is 2.92. The summed E-state index contributed by atoms with van der Waals surface area (Å²) in [4.78, 5) is 25.9. The molecule has 2 fully saturated rings. The zero-order valence-electron chi connectivity index (χ0n) is 8.75. The third kappa shape index (κ3) is 2.16. The number of amides is 2. The Labute approximate surface area is 88.3 Å². The molecule has 0 radical (unpaired) electrons. The number of hydrogen-bond acceptors (Lipinski definition) is 3. The molecule has 5 heteroatoms. The number of guanidine groups is 1. The van der Waals surface area contributed by atoms with E-state index in [0.717, 1.165) is 0 Å². The Morgan fingerprint density at radius 1 is 1.27 bits per heavy atom. The van der Waals surface area contributed by atoms with Crippen molar-refractivity contribution in [3.8, 4) is 0 Å². The second kappa shape index (κ2) is 4.00. The lowest BCUT2D eigenvalue weighted by Gasteiger charge is -2.11. The van der Waals surface area contributed by atoms with Crippen molar-refractivity contribution in [1.82, 2.24) is 10.6 Å². The van der Waals surface area contributed by atoms with E-state index in [1.807, 2.05) is 0 Å². The smallest absolute Gasteiger partial charge is 0.288 e. The Bertz CT molecular complexity index is 307. The fourth-order valence-corrected chi connectivity index (χ4v) is 2.14. The molecule has 0 aromatic rings. The molecule has 2 amide bonds. The highest BCUT2D eigenvalue weighted by atomic mass is 16.2. The first-order valence-corrected chi connectivity index (χ1v) is 5.33. The fraction of sp³-hybridized carbons (Fsp3) is 0.700. The molecule has 2 unspecified atom stereocenters. The van der Waals surface area contributed by atoms with E-state index >= 15 is 0 Å². The highest BCUT2D eigenvalue weighted by Crippen LogP contribution is 2.31. The minimum absolute atomic E-state index is 0.309. The van der Waals surface area contributed by atoms with E-state index in [1.165, 1.54) is 19.3 Å². The average Bonchev–Trinajstić information content (AvgIpc) is 2.72. The number of hydrogen-bond donors (Lipinski definition) is 2. The molecule has 0 bridgehead atoms. The average molecular weight is 209 g/mol. The van der Waals surface area contributed by atoms with Gasteiger partial charge in [0.2, 0.25) is 5.96 Å². The Hall–Kier alpha value is -1.39. The van der Waals surface area contributed by atoms with E-state index in [-0.39, 0.29) is 0 Å². The van der Waals surface area contributed by atoms with Crippen LogP contribution in [0.1, 0.15) is 26.2 Å². The highest BCUT2D eigenvalue weighted by Gasteiger charge is 2.27. The zero-order chi connectivity index (χ0) is 10.8. The van der Waals surface area contributed by atoms with Gasteiger partial charge in [-0.05, 0) is 18.3 Å². The van der Waals surface area contributed by atoms with Crippen molar-refractivity contribution in [3.05, 3.63) is 0 Å². The monoisotopic (exact) mass is 209 g/mol. The van der Waals surface area contributed by atoms with Gasteiger partial charge in [0.1, 0.15) is 0 Å². The maximum atomic E-state index is 10.8. The van der Waals surface area contributed by atoms with Crippen LogP contribution >= 0.6 is 0 Å². The van der Waals surface area contributed by atoms with Crippen LogP contribution < -0.4 is 10.6 Å². The molecule has 0 spiro atoms. The lowest BCUT2D eigenvalue weighted by molar-refractivity contribution is -0.135. The minimum atomic E-state index is -0.617. The van der Waals surface area contributed by atoms with Crippen LogP contribution in [0, 0.1) is 11.8 Å². The molecule has 2 rings (SSSR count). The van der Waals surface area contributed by atoms with Gasteiger partial charge in [-0.15, -0.1) is 0 Å². The number of carbonyl (C=O) groups excluding carboxylic acids is 2. The van der Waals surface area contributed by atoms with Gasteiger partial charge in [-0.2, -0.15) is 0 Å². The summed E-state index contributed by atoms with van der Waals surface area (Å²) in [6.07, 6.45) is 3.71. The zero-order valence-corrected chi connectivity index (χ0v) is 8.75. The topological polar surface area (TPSA) is 70.6 Å². The molecule has 2 atom stereocenters. The van der Waals surface area contributed by atoms with Crippen molar-refractivity contribution in [2.45, 2.75) is 26.2 Å². The van der Waals surface area contributed by atoms with Gasteiger partial charge in [-0.25, -0.2) is 0 Å². The first-order chi connectivity index (χ1) is 7.16. The van der Waals surface area contributed by atoms with Gasteiger partial charge in [0.15, 0.2) is 0 Å². The molecule has 82 valence electrons. The second-order valence-corrected chi connectivity index (χ2v) is 4.27. The van der Waals surface area contributed by atoms with E-state index < -0.39 is 11.8 Å². The molecule has 1 aliphatic heterocycles. The highest BCUT2D eigenvalue weighted by molar-refractivity contribution is 6.45. The van der Waals surface area contributed by atoms with Crippen LogP contribution in [-0.4, -0.2) is 24.3 Å². The van der Waals surface area contributed by atoms with Gasteiger partial charge in [0.25, 0.3) is 0 Å². The van der Waals surface area contributed by atoms with Crippen molar-refractivity contribution in [2.75, 3.05) is 6.54 Å². The van der Waals surface area contributed by atoms with E-state index in [9.17, 15) is 9.59 Å². The van der Waals surface area contributed by atoms with Crippen molar-refractivity contribution in [2.24, 2.45) is 16.8 Å². The summed E-state index contributed by atoms with van der Waals surface area (Å²) in [5.41, 5.74) is 0. The minimum Gasteiger partial charge on any atom is -0.288 e.